The fraction of sp³-hybridized carbons (Fsp3) is 0.625. The molecule has 2 rings (SSSR count). The molecule has 116 valence electrons. The van der Waals surface area contributed by atoms with Gasteiger partial charge in [0.2, 0.25) is 0 Å². The summed E-state index contributed by atoms with van der Waals surface area (Å²) in [5, 5.41) is 0. The van der Waals surface area contributed by atoms with Crippen molar-refractivity contribution in [3.05, 3.63) is 23.9 Å². The molecule has 1 atom stereocenters. The quantitative estimate of drug-likeness (QED) is 0.839. The fourth-order valence-corrected chi connectivity index (χ4v) is 2.67. The third-order valence-electron chi connectivity index (χ3n) is 3.68. The van der Waals surface area contributed by atoms with E-state index in [1.807, 2.05) is 26.8 Å². The van der Waals surface area contributed by atoms with Crippen LogP contribution in [0.25, 0.3) is 0 Å². The van der Waals surface area contributed by atoms with E-state index in [2.05, 4.69) is 23.0 Å². The molecule has 0 aromatic carbocycles. The van der Waals surface area contributed by atoms with Gasteiger partial charge < -0.3 is 4.74 Å². The van der Waals surface area contributed by atoms with Crippen LogP contribution in [0.3, 0.4) is 0 Å². The Morgan fingerprint density at radius 1 is 1.48 bits per heavy atom. The number of hydrogen-bond acceptors (Lipinski definition) is 4. The summed E-state index contributed by atoms with van der Waals surface area (Å²) < 4.78 is 5.43. The molecule has 1 saturated heterocycles. The third kappa shape index (κ3) is 3.73. The van der Waals surface area contributed by atoms with Crippen LogP contribution in [0, 0.1) is 0 Å². The van der Waals surface area contributed by atoms with Crippen LogP contribution in [0.5, 0.6) is 0 Å². The first kappa shape index (κ1) is 15.8. The van der Waals surface area contributed by atoms with Gasteiger partial charge in [0.05, 0.1) is 0 Å². The first-order valence-electron chi connectivity index (χ1n) is 7.41. The van der Waals surface area contributed by atoms with Crippen molar-refractivity contribution < 1.29 is 9.53 Å². The second-order valence-corrected chi connectivity index (χ2v) is 6.59. The molecule has 1 aromatic rings. The number of rotatable bonds is 2. The lowest BCUT2D eigenvalue weighted by Crippen LogP contribution is -2.35. The highest BCUT2D eigenvalue weighted by molar-refractivity contribution is 5.87. The Morgan fingerprint density at radius 3 is 2.76 bits per heavy atom. The van der Waals surface area contributed by atoms with E-state index in [0.29, 0.717) is 11.9 Å². The van der Waals surface area contributed by atoms with E-state index in [9.17, 15) is 4.79 Å². The summed E-state index contributed by atoms with van der Waals surface area (Å²) in [4.78, 5) is 20.5. The van der Waals surface area contributed by atoms with E-state index in [-0.39, 0.29) is 6.09 Å². The van der Waals surface area contributed by atoms with Gasteiger partial charge in [-0.1, -0.05) is 6.07 Å². The van der Waals surface area contributed by atoms with E-state index < -0.39 is 5.60 Å². The van der Waals surface area contributed by atoms with E-state index in [4.69, 9.17) is 4.74 Å². The zero-order chi connectivity index (χ0) is 15.6. The van der Waals surface area contributed by atoms with Gasteiger partial charge in [-0.25, -0.2) is 9.78 Å². The van der Waals surface area contributed by atoms with Crippen molar-refractivity contribution in [2.45, 2.75) is 45.3 Å². The average Bonchev–Trinajstić information content (AvgIpc) is 2.82. The van der Waals surface area contributed by atoms with Crippen molar-refractivity contribution in [3.63, 3.8) is 0 Å². The molecule has 0 saturated carbocycles. The number of likely N-dealkylation sites (tertiary alicyclic amines) is 1. The van der Waals surface area contributed by atoms with Gasteiger partial charge in [-0.3, -0.25) is 9.80 Å². The number of hydrogen-bond donors (Lipinski definition) is 0. The summed E-state index contributed by atoms with van der Waals surface area (Å²) in [6.07, 6.45) is 3.61. The Kier molecular flexibility index (Phi) is 4.52. The zero-order valence-electron chi connectivity index (χ0n) is 13.6. The number of aromatic nitrogens is 1. The Hall–Kier alpha value is -1.62. The van der Waals surface area contributed by atoms with E-state index in [1.54, 1.807) is 13.2 Å². The van der Waals surface area contributed by atoms with Gasteiger partial charge in [0.25, 0.3) is 0 Å². The molecule has 1 fully saturated rings. The van der Waals surface area contributed by atoms with Crippen LogP contribution in [0.4, 0.5) is 10.6 Å². The Balaban J connectivity index is 2.25. The second-order valence-electron chi connectivity index (χ2n) is 6.59. The molecule has 5 heteroatoms. The van der Waals surface area contributed by atoms with Crippen LogP contribution in [0.1, 0.15) is 45.2 Å². The lowest BCUT2D eigenvalue weighted by Gasteiger charge is -2.28. The fourth-order valence-electron chi connectivity index (χ4n) is 2.67. The van der Waals surface area contributed by atoms with Crippen LogP contribution in [-0.4, -0.2) is 42.2 Å². The van der Waals surface area contributed by atoms with Crippen molar-refractivity contribution in [1.29, 1.82) is 0 Å². The van der Waals surface area contributed by atoms with E-state index in [1.165, 1.54) is 11.3 Å². The highest BCUT2D eigenvalue weighted by Crippen LogP contribution is 2.35. The standard InChI is InChI=1S/C16H25N3O2/c1-16(2,3)21-15(20)19(5)14-12(8-6-10-17-14)13-9-7-11-18(13)4/h6,8,10,13H,7,9,11H2,1-5H3/t13-/m0/s1. The smallest absolute Gasteiger partial charge is 0.415 e. The first-order valence-corrected chi connectivity index (χ1v) is 7.41. The van der Waals surface area contributed by atoms with E-state index >= 15 is 0 Å². The molecule has 2 heterocycles. The molecule has 0 bridgehead atoms. The minimum atomic E-state index is -0.509. The first-order chi connectivity index (χ1) is 9.79. The van der Waals surface area contributed by atoms with Gasteiger partial charge >= 0.3 is 6.09 Å². The molecular formula is C16H25N3O2. The number of ether oxygens (including phenoxy) is 1. The lowest BCUT2D eigenvalue weighted by atomic mass is 10.1. The average molecular weight is 291 g/mol. The highest BCUT2D eigenvalue weighted by Gasteiger charge is 2.29. The minimum Gasteiger partial charge on any atom is -0.443 e. The van der Waals surface area contributed by atoms with Crippen LogP contribution in [-0.2, 0) is 4.74 Å². The normalized spacial score (nSPS) is 19.6. The largest absolute Gasteiger partial charge is 0.443 e. The number of amides is 1. The Labute approximate surface area is 126 Å². The van der Waals surface area contributed by atoms with Gasteiger partial charge in [0.1, 0.15) is 11.4 Å². The molecule has 0 N–H and O–H groups in total. The summed E-state index contributed by atoms with van der Waals surface area (Å²) >= 11 is 0. The van der Waals surface area contributed by atoms with Gasteiger partial charge in [0, 0.05) is 24.8 Å². The van der Waals surface area contributed by atoms with Gasteiger partial charge in [-0.05, 0) is 53.3 Å². The molecule has 0 radical (unpaired) electrons. The van der Waals surface area contributed by atoms with Crippen LogP contribution >= 0.6 is 0 Å². The van der Waals surface area contributed by atoms with Gasteiger partial charge in [-0.2, -0.15) is 0 Å². The van der Waals surface area contributed by atoms with Crippen molar-refractivity contribution in [1.82, 2.24) is 9.88 Å². The monoisotopic (exact) mass is 291 g/mol. The van der Waals surface area contributed by atoms with Crippen LogP contribution < -0.4 is 4.90 Å². The molecule has 1 aliphatic heterocycles. The van der Waals surface area contributed by atoms with Crippen LogP contribution in [0.2, 0.25) is 0 Å². The molecule has 1 aromatic heterocycles. The Bertz CT molecular complexity index is 510. The summed E-state index contributed by atoms with van der Waals surface area (Å²) in [5.41, 5.74) is 0.579. The lowest BCUT2D eigenvalue weighted by molar-refractivity contribution is 0.0587. The predicted molar refractivity (Wildman–Crippen MR) is 83.5 cm³/mol. The zero-order valence-corrected chi connectivity index (χ0v) is 13.6. The topological polar surface area (TPSA) is 45.7 Å². The molecule has 5 nitrogen and oxygen atoms in total. The van der Waals surface area contributed by atoms with Gasteiger partial charge in [0.15, 0.2) is 0 Å². The molecule has 0 unspecified atom stereocenters. The Morgan fingerprint density at radius 2 is 2.19 bits per heavy atom. The molecule has 1 aliphatic rings. The van der Waals surface area contributed by atoms with Crippen molar-refractivity contribution in [3.8, 4) is 0 Å². The predicted octanol–water partition coefficient (Wildman–Crippen LogP) is 3.22. The molecule has 0 spiro atoms. The minimum absolute atomic E-state index is 0.318. The maximum absolute atomic E-state index is 12.3. The molecule has 1 amide bonds. The number of carbonyl (C=O) groups is 1. The van der Waals surface area contributed by atoms with Crippen LogP contribution in [0.15, 0.2) is 18.3 Å². The number of anilines is 1. The van der Waals surface area contributed by atoms with E-state index in [0.717, 1.165) is 18.5 Å². The summed E-state index contributed by atoms with van der Waals surface area (Å²) in [5.74, 6) is 0.686. The van der Waals surface area contributed by atoms with Crippen molar-refractivity contribution >= 4 is 11.9 Å². The summed E-state index contributed by atoms with van der Waals surface area (Å²) in [7, 11) is 3.83. The summed E-state index contributed by atoms with van der Waals surface area (Å²) in [6.45, 7) is 6.67. The van der Waals surface area contributed by atoms with Gasteiger partial charge in [-0.15, -0.1) is 0 Å². The van der Waals surface area contributed by atoms with Crippen molar-refractivity contribution in [2.75, 3.05) is 25.5 Å². The number of nitrogens with zero attached hydrogens (tertiary/aromatic N) is 3. The summed E-state index contributed by atoms with van der Waals surface area (Å²) in [6, 6.07) is 4.29. The molecule has 21 heavy (non-hydrogen) atoms. The third-order valence-corrected chi connectivity index (χ3v) is 3.68. The highest BCUT2D eigenvalue weighted by atomic mass is 16.6. The van der Waals surface area contributed by atoms with Crippen molar-refractivity contribution in [2.24, 2.45) is 0 Å². The SMILES string of the molecule is CN(C(=O)OC(C)(C)C)c1ncccc1[C@@H]1CCCN1C. The maximum atomic E-state index is 12.3. The number of carbonyl (C=O) groups excluding carboxylic acids is 1. The second kappa shape index (κ2) is 6.02. The maximum Gasteiger partial charge on any atom is 0.415 e. The number of pyridine rings is 1. The molecule has 0 aliphatic carbocycles. The molecular weight excluding hydrogens is 266 g/mol.